The van der Waals surface area contributed by atoms with Gasteiger partial charge >= 0.3 is 5.97 Å². The number of hydrogen-bond donors (Lipinski definition) is 4. The van der Waals surface area contributed by atoms with Crippen LogP contribution in [0.15, 0.2) is 0 Å². The molecule has 0 aromatic heterocycles. The fourth-order valence-corrected chi connectivity index (χ4v) is 0.842. The largest absolute Gasteiger partial charge is 0.468 e. The van der Waals surface area contributed by atoms with Crippen molar-refractivity contribution in [2.75, 3.05) is 20.7 Å². The van der Waals surface area contributed by atoms with Crippen LogP contribution in [0, 0.1) is 0 Å². The summed E-state index contributed by atoms with van der Waals surface area (Å²) in [5, 5.41) is 5.93. The standard InChI is InChI=1S/C6H13N3O2S2/c1-7-4(5(10)11-2)3-8-6(12)9-13/h4,7,13H,3H2,1-2H3,(H2,8,9,12)/t4-/m0/s1. The van der Waals surface area contributed by atoms with E-state index in [2.05, 4.69) is 32.9 Å². The number of carbonyl (C=O) groups excluding carboxylic acids is 1. The van der Waals surface area contributed by atoms with E-state index >= 15 is 0 Å². The van der Waals surface area contributed by atoms with Gasteiger partial charge in [0.25, 0.3) is 0 Å². The second-order valence-electron chi connectivity index (χ2n) is 2.19. The third kappa shape index (κ3) is 4.91. The maximum absolute atomic E-state index is 11.0. The molecule has 0 radical (unpaired) electrons. The molecule has 0 heterocycles. The van der Waals surface area contributed by atoms with E-state index in [1.807, 2.05) is 0 Å². The third-order valence-corrected chi connectivity index (χ3v) is 2.02. The molecule has 0 aliphatic carbocycles. The molecule has 0 aromatic rings. The highest BCUT2D eigenvalue weighted by molar-refractivity contribution is 7.84. The number of carbonyl (C=O) groups is 1. The van der Waals surface area contributed by atoms with Gasteiger partial charge in [-0.25, -0.2) is 0 Å². The number of thiocarbonyl (C=S) groups is 1. The summed E-state index contributed by atoms with van der Waals surface area (Å²) in [4.78, 5) is 11.0. The lowest BCUT2D eigenvalue weighted by Gasteiger charge is -2.14. The monoisotopic (exact) mass is 223 g/mol. The number of ether oxygens (including phenoxy) is 1. The van der Waals surface area contributed by atoms with Crippen molar-refractivity contribution in [2.24, 2.45) is 0 Å². The lowest BCUT2D eigenvalue weighted by molar-refractivity contribution is -0.142. The maximum atomic E-state index is 11.0. The molecule has 0 spiro atoms. The predicted molar refractivity (Wildman–Crippen MR) is 57.6 cm³/mol. The van der Waals surface area contributed by atoms with Crippen molar-refractivity contribution >= 4 is 36.1 Å². The Morgan fingerprint density at radius 1 is 1.69 bits per heavy atom. The molecular formula is C6H13N3O2S2. The molecule has 0 aliphatic heterocycles. The molecule has 0 saturated heterocycles. The number of likely N-dealkylation sites (N-methyl/N-ethyl adjacent to an activating group) is 1. The van der Waals surface area contributed by atoms with Crippen molar-refractivity contribution in [3.05, 3.63) is 0 Å². The summed E-state index contributed by atoms with van der Waals surface area (Å²) in [6.45, 7) is 0.357. The first-order valence-corrected chi connectivity index (χ1v) is 4.44. The summed E-state index contributed by atoms with van der Waals surface area (Å²) >= 11 is 8.50. The molecule has 3 N–H and O–H groups in total. The van der Waals surface area contributed by atoms with E-state index in [0.717, 1.165) is 0 Å². The van der Waals surface area contributed by atoms with E-state index < -0.39 is 6.04 Å². The Morgan fingerprint density at radius 3 is 2.69 bits per heavy atom. The van der Waals surface area contributed by atoms with Gasteiger partial charge in [-0.15, -0.1) is 0 Å². The van der Waals surface area contributed by atoms with E-state index in [4.69, 9.17) is 12.2 Å². The van der Waals surface area contributed by atoms with E-state index in [-0.39, 0.29) is 5.97 Å². The van der Waals surface area contributed by atoms with Crippen LogP contribution >= 0.6 is 25.0 Å². The quantitative estimate of drug-likeness (QED) is 0.280. The molecule has 0 unspecified atom stereocenters. The van der Waals surface area contributed by atoms with Crippen LogP contribution < -0.4 is 15.4 Å². The molecule has 0 amide bonds. The highest BCUT2D eigenvalue weighted by atomic mass is 32.1. The Labute approximate surface area is 88.1 Å². The molecule has 0 rings (SSSR count). The van der Waals surface area contributed by atoms with E-state index in [1.54, 1.807) is 7.05 Å². The Kier molecular flexibility index (Phi) is 6.65. The van der Waals surface area contributed by atoms with Gasteiger partial charge in [-0.1, -0.05) is 12.8 Å². The Bertz CT molecular complexity index is 189. The van der Waals surface area contributed by atoms with Crippen LogP contribution in [-0.4, -0.2) is 37.8 Å². The van der Waals surface area contributed by atoms with Crippen LogP contribution in [0.25, 0.3) is 0 Å². The second-order valence-corrected chi connectivity index (χ2v) is 2.82. The summed E-state index contributed by atoms with van der Waals surface area (Å²) in [6.07, 6.45) is 0. The van der Waals surface area contributed by atoms with Crippen molar-refractivity contribution in [1.29, 1.82) is 0 Å². The molecule has 1 atom stereocenters. The highest BCUT2D eigenvalue weighted by Crippen LogP contribution is 1.85. The molecule has 76 valence electrons. The van der Waals surface area contributed by atoms with Crippen molar-refractivity contribution in [3.63, 3.8) is 0 Å². The minimum atomic E-state index is -0.412. The summed E-state index contributed by atoms with van der Waals surface area (Å²) in [5.41, 5.74) is 0. The molecule has 0 bridgehead atoms. The highest BCUT2D eigenvalue weighted by Gasteiger charge is 2.16. The average Bonchev–Trinajstić information content (AvgIpc) is 2.17. The van der Waals surface area contributed by atoms with E-state index in [0.29, 0.717) is 11.7 Å². The number of methoxy groups -OCH3 is 1. The third-order valence-electron chi connectivity index (χ3n) is 1.40. The molecule has 13 heavy (non-hydrogen) atoms. The van der Waals surface area contributed by atoms with Gasteiger partial charge in [0.2, 0.25) is 0 Å². The van der Waals surface area contributed by atoms with Gasteiger partial charge in [-0.3, -0.25) is 4.79 Å². The maximum Gasteiger partial charge on any atom is 0.324 e. The number of esters is 1. The van der Waals surface area contributed by atoms with Crippen LogP contribution in [0.3, 0.4) is 0 Å². The molecule has 0 aromatic carbocycles. The SMILES string of the molecule is CN[C@@H](CNC(=S)NS)C(=O)OC. The average molecular weight is 223 g/mol. The topological polar surface area (TPSA) is 62.4 Å². The van der Waals surface area contributed by atoms with E-state index in [1.165, 1.54) is 7.11 Å². The summed E-state index contributed by atoms with van der Waals surface area (Å²) in [5.74, 6) is -0.336. The van der Waals surface area contributed by atoms with Gasteiger partial charge in [0.15, 0.2) is 5.11 Å². The van der Waals surface area contributed by atoms with Crippen LogP contribution in [0.4, 0.5) is 0 Å². The number of thiol groups is 1. The fraction of sp³-hybridized carbons (Fsp3) is 0.667. The first-order chi connectivity index (χ1) is 6.15. The summed E-state index contributed by atoms with van der Waals surface area (Å²) < 4.78 is 6.98. The first-order valence-electron chi connectivity index (χ1n) is 3.58. The number of hydrogen-bond acceptors (Lipinski definition) is 5. The van der Waals surface area contributed by atoms with Crippen molar-refractivity contribution in [1.82, 2.24) is 15.4 Å². The molecule has 0 aliphatic rings. The Hall–Kier alpha value is -0.530. The summed E-state index contributed by atoms with van der Waals surface area (Å²) in [7, 11) is 3.00. The van der Waals surface area contributed by atoms with Gasteiger partial charge in [-0.2, -0.15) is 0 Å². The smallest absolute Gasteiger partial charge is 0.324 e. The number of rotatable bonds is 4. The number of nitrogens with one attached hydrogen (secondary N) is 3. The molecule has 5 nitrogen and oxygen atoms in total. The molecule has 7 heteroatoms. The zero-order valence-electron chi connectivity index (χ0n) is 7.46. The molecule has 0 fully saturated rings. The van der Waals surface area contributed by atoms with E-state index in [9.17, 15) is 4.79 Å². The van der Waals surface area contributed by atoms with Gasteiger partial charge in [0.1, 0.15) is 6.04 Å². The fourth-order valence-electron chi connectivity index (χ4n) is 0.680. The van der Waals surface area contributed by atoms with Crippen molar-refractivity contribution < 1.29 is 9.53 Å². The minimum absolute atomic E-state index is 0.336. The molecule has 0 saturated carbocycles. The second kappa shape index (κ2) is 6.93. The zero-order chi connectivity index (χ0) is 10.3. The zero-order valence-corrected chi connectivity index (χ0v) is 9.17. The lowest BCUT2D eigenvalue weighted by Crippen LogP contribution is -2.46. The predicted octanol–water partition coefficient (Wildman–Crippen LogP) is -0.944. The lowest BCUT2D eigenvalue weighted by atomic mass is 10.3. The minimum Gasteiger partial charge on any atom is -0.468 e. The first kappa shape index (κ1) is 12.5. The Balaban J connectivity index is 3.85. The molecular weight excluding hydrogens is 210 g/mol. The normalized spacial score (nSPS) is 11.6. The summed E-state index contributed by atoms with van der Waals surface area (Å²) in [6, 6.07) is -0.412. The van der Waals surface area contributed by atoms with Crippen molar-refractivity contribution in [3.8, 4) is 0 Å². The van der Waals surface area contributed by atoms with Gasteiger partial charge < -0.3 is 20.1 Å². The van der Waals surface area contributed by atoms with Crippen LogP contribution in [0.5, 0.6) is 0 Å². The van der Waals surface area contributed by atoms with Crippen LogP contribution in [0.2, 0.25) is 0 Å². The van der Waals surface area contributed by atoms with Gasteiger partial charge in [0, 0.05) is 6.54 Å². The Morgan fingerprint density at radius 2 is 2.31 bits per heavy atom. The van der Waals surface area contributed by atoms with Crippen molar-refractivity contribution in [2.45, 2.75) is 6.04 Å². The van der Waals surface area contributed by atoms with Crippen LogP contribution in [-0.2, 0) is 9.53 Å². The van der Waals surface area contributed by atoms with Gasteiger partial charge in [-0.05, 0) is 19.3 Å². The van der Waals surface area contributed by atoms with Crippen LogP contribution in [0.1, 0.15) is 0 Å². The van der Waals surface area contributed by atoms with Gasteiger partial charge in [0.05, 0.1) is 7.11 Å².